The van der Waals surface area contributed by atoms with Crippen LogP contribution < -0.4 is 5.32 Å². The maximum absolute atomic E-state index is 12.3. The third kappa shape index (κ3) is 4.39. The van der Waals surface area contributed by atoms with Crippen LogP contribution in [0, 0.1) is 5.92 Å². The van der Waals surface area contributed by atoms with Crippen LogP contribution in [0.5, 0.6) is 0 Å². The van der Waals surface area contributed by atoms with Crippen molar-refractivity contribution >= 4 is 11.7 Å². The van der Waals surface area contributed by atoms with Gasteiger partial charge in [0.2, 0.25) is 0 Å². The molecule has 1 atom stereocenters. The van der Waals surface area contributed by atoms with Gasteiger partial charge >= 0.3 is 0 Å². The van der Waals surface area contributed by atoms with Crippen LogP contribution in [0.2, 0.25) is 0 Å². The molecule has 1 aliphatic rings. The molecule has 0 aliphatic carbocycles. The van der Waals surface area contributed by atoms with Gasteiger partial charge in [0, 0.05) is 26.7 Å². The first-order chi connectivity index (χ1) is 10.1. The van der Waals surface area contributed by atoms with Crippen LogP contribution in [0.15, 0.2) is 12.4 Å². The van der Waals surface area contributed by atoms with Crippen molar-refractivity contribution in [2.24, 2.45) is 5.92 Å². The summed E-state index contributed by atoms with van der Waals surface area (Å²) >= 11 is 0. The number of nitrogens with zero attached hydrogens (tertiary/aromatic N) is 4. The van der Waals surface area contributed by atoms with E-state index in [0.717, 1.165) is 39.0 Å². The predicted octanol–water partition coefficient (Wildman–Crippen LogP) is 1.32. The fraction of sp³-hybridized carbons (Fsp3) is 0.667. The van der Waals surface area contributed by atoms with Crippen LogP contribution in [-0.4, -0.2) is 65.9 Å². The van der Waals surface area contributed by atoms with Crippen LogP contribution in [0.4, 0.5) is 5.82 Å². The van der Waals surface area contributed by atoms with Crippen molar-refractivity contribution in [2.45, 2.75) is 19.8 Å². The fourth-order valence-electron chi connectivity index (χ4n) is 2.62. The van der Waals surface area contributed by atoms with Crippen LogP contribution >= 0.6 is 0 Å². The molecule has 2 heterocycles. The minimum atomic E-state index is -0.0564. The van der Waals surface area contributed by atoms with Crippen molar-refractivity contribution in [1.29, 1.82) is 0 Å². The normalized spacial score (nSPS) is 18.7. The van der Waals surface area contributed by atoms with Crippen molar-refractivity contribution in [1.82, 2.24) is 19.8 Å². The maximum atomic E-state index is 12.3. The minimum Gasteiger partial charge on any atom is -0.369 e. The van der Waals surface area contributed by atoms with Crippen molar-refractivity contribution in [2.75, 3.05) is 45.6 Å². The van der Waals surface area contributed by atoms with E-state index >= 15 is 0 Å². The van der Waals surface area contributed by atoms with Crippen LogP contribution in [-0.2, 0) is 0 Å². The monoisotopic (exact) mass is 291 g/mol. The van der Waals surface area contributed by atoms with Crippen molar-refractivity contribution < 1.29 is 4.79 Å². The smallest absolute Gasteiger partial charge is 0.273 e. The first-order valence-corrected chi connectivity index (χ1v) is 7.60. The Kier molecular flexibility index (Phi) is 5.50. The number of anilines is 1. The average molecular weight is 291 g/mol. The second-order valence-electron chi connectivity index (χ2n) is 5.82. The molecule has 1 amide bonds. The number of amides is 1. The van der Waals surface area contributed by atoms with Gasteiger partial charge in [-0.15, -0.1) is 0 Å². The zero-order valence-electron chi connectivity index (χ0n) is 13.2. The van der Waals surface area contributed by atoms with Crippen LogP contribution in [0.3, 0.4) is 0 Å². The van der Waals surface area contributed by atoms with Crippen molar-refractivity contribution in [3.05, 3.63) is 18.1 Å². The number of likely N-dealkylation sites (tertiary alicyclic amines) is 1. The van der Waals surface area contributed by atoms with Crippen molar-refractivity contribution in [3.63, 3.8) is 0 Å². The lowest BCUT2D eigenvalue weighted by Crippen LogP contribution is -2.33. The molecule has 1 fully saturated rings. The predicted molar refractivity (Wildman–Crippen MR) is 83.4 cm³/mol. The Balaban J connectivity index is 1.89. The zero-order chi connectivity index (χ0) is 15.2. The molecule has 1 aliphatic heterocycles. The van der Waals surface area contributed by atoms with E-state index in [-0.39, 0.29) is 5.91 Å². The minimum absolute atomic E-state index is 0.0564. The molecular formula is C15H25N5O. The number of hydrogen-bond donors (Lipinski definition) is 1. The Labute approximate surface area is 126 Å². The van der Waals surface area contributed by atoms with E-state index < -0.39 is 0 Å². The van der Waals surface area contributed by atoms with E-state index in [1.165, 1.54) is 0 Å². The molecule has 21 heavy (non-hydrogen) atoms. The highest BCUT2D eigenvalue weighted by atomic mass is 16.2. The third-order valence-electron chi connectivity index (χ3n) is 3.79. The Morgan fingerprint density at radius 1 is 1.48 bits per heavy atom. The summed E-state index contributed by atoms with van der Waals surface area (Å²) in [6.07, 6.45) is 5.36. The van der Waals surface area contributed by atoms with Gasteiger partial charge in [-0.05, 0) is 32.4 Å². The molecule has 1 saturated heterocycles. The second-order valence-corrected chi connectivity index (χ2v) is 5.82. The Bertz CT molecular complexity index is 462. The highest BCUT2D eigenvalue weighted by Gasteiger charge is 2.23. The number of rotatable bonds is 6. The molecule has 116 valence electrons. The summed E-state index contributed by atoms with van der Waals surface area (Å²) in [4.78, 5) is 24.8. The Morgan fingerprint density at radius 2 is 2.29 bits per heavy atom. The number of carbonyl (C=O) groups is 1. The first-order valence-electron chi connectivity index (χ1n) is 7.60. The zero-order valence-corrected chi connectivity index (χ0v) is 13.2. The van der Waals surface area contributed by atoms with Crippen LogP contribution in [0.25, 0.3) is 0 Å². The SMILES string of the molecule is CCCNc1cnc(C(=O)N(C)CC2CCN(C)C2)cn1. The molecule has 0 saturated carbocycles. The van der Waals surface area contributed by atoms with Gasteiger partial charge in [-0.3, -0.25) is 4.79 Å². The van der Waals surface area contributed by atoms with Gasteiger partial charge in [0.15, 0.2) is 0 Å². The molecule has 6 heteroatoms. The summed E-state index contributed by atoms with van der Waals surface area (Å²) in [6, 6.07) is 0. The van der Waals surface area contributed by atoms with E-state index in [2.05, 4.69) is 34.2 Å². The fourth-order valence-corrected chi connectivity index (χ4v) is 2.62. The molecule has 2 rings (SSSR count). The number of aromatic nitrogens is 2. The van der Waals surface area contributed by atoms with Gasteiger partial charge in [-0.1, -0.05) is 6.92 Å². The third-order valence-corrected chi connectivity index (χ3v) is 3.79. The number of carbonyl (C=O) groups excluding carboxylic acids is 1. The molecule has 1 aromatic rings. The largest absolute Gasteiger partial charge is 0.369 e. The molecule has 1 aromatic heterocycles. The lowest BCUT2D eigenvalue weighted by atomic mass is 10.1. The molecule has 0 aromatic carbocycles. The van der Waals surface area contributed by atoms with Gasteiger partial charge in [0.25, 0.3) is 5.91 Å². The van der Waals surface area contributed by atoms with Gasteiger partial charge in [0.05, 0.1) is 12.4 Å². The van der Waals surface area contributed by atoms with Crippen molar-refractivity contribution in [3.8, 4) is 0 Å². The van der Waals surface area contributed by atoms with Gasteiger partial charge in [0.1, 0.15) is 11.5 Å². The highest BCUT2D eigenvalue weighted by Crippen LogP contribution is 2.16. The highest BCUT2D eigenvalue weighted by molar-refractivity contribution is 5.91. The van der Waals surface area contributed by atoms with Crippen LogP contribution in [0.1, 0.15) is 30.3 Å². The van der Waals surface area contributed by atoms with E-state index in [1.54, 1.807) is 17.3 Å². The summed E-state index contributed by atoms with van der Waals surface area (Å²) in [5.41, 5.74) is 0.408. The molecule has 1 unspecified atom stereocenters. The lowest BCUT2D eigenvalue weighted by molar-refractivity contribution is 0.0768. The number of nitrogens with one attached hydrogen (secondary N) is 1. The first kappa shape index (κ1) is 15.7. The topological polar surface area (TPSA) is 61.4 Å². The summed E-state index contributed by atoms with van der Waals surface area (Å²) < 4.78 is 0. The molecule has 0 radical (unpaired) electrons. The van der Waals surface area contributed by atoms with E-state index in [9.17, 15) is 4.79 Å². The summed E-state index contributed by atoms with van der Waals surface area (Å²) in [6.45, 7) is 5.90. The number of hydrogen-bond acceptors (Lipinski definition) is 5. The van der Waals surface area contributed by atoms with E-state index in [4.69, 9.17) is 0 Å². The molecule has 0 bridgehead atoms. The maximum Gasteiger partial charge on any atom is 0.273 e. The standard InChI is InChI=1S/C15H25N5O/c1-4-6-16-14-9-17-13(8-18-14)15(21)20(3)11-12-5-7-19(2)10-12/h8-9,12H,4-7,10-11H2,1-3H3,(H,16,18). The lowest BCUT2D eigenvalue weighted by Gasteiger charge is -2.20. The van der Waals surface area contributed by atoms with E-state index in [0.29, 0.717) is 17.4 Å². The Morgan fingerprint density at radius 3 is 2.86 bits per heavy atom. The second kappa shape index (κ2) is 7.36. The molecule has 1 N–H and O–H groups in total. The summed E-state index contributed by atoms with van der Waals surface area (Å²) in [5, 5.41) is 3.15. The van der Waals surface area contributed by atoms with Gasteiger partial charge in [-0.25, -0.2) is 9.97 Å². The Hall–Kier alpha value is -1.69. The van der Waals surface area contributed by atoms with Gasteiger partial charge < -0.3 is 15.1 Å². The van der Waals surface area contributed by atoms with Gasteiger partial charge in [-0.2, -0.15) is 0 Å². The summed E-state index contributed by atoms with van der Waals surface area (Å²) in [5.74, 6) is 1.22. The molecule has 6 nitrogen and oxygen atoms in total. The summed E-state index contributed by atoms with van der Waals surface area (Å²) in [7, 11) is 3.96. The average Bonchev–Trinajstić information content (AvgIpc) is 2.90. The molecular weight excluding hydrogens is 266 g/mol. The van der Waals surface area contributed by atoms with E-state index in [1.807, 2.05) is 7.05 Å². The quantitative estimate of drug-likeness (QED) is 0.856. The molecule has 0 spiro atoms.